The first-order chi connectivity index (χ1) is 5.44. The van der Waals surface area contributed by atoms with E-state index < -0.39 is 23.2 Å². The SMILES string of the molecule is O=C(O)C(F)(C(F)(F)F)C(F)(F)Cl. The van der Waals surface area contributed by atoms with Crippen LogP contribution in [0.4, 0.5) is 26.3 Å². The molecule has 0 aromatic carbocycles. The molecule has 9 heteroatoms. The number of carbonyl (C=O) groups is 1. The Morgan fingerprint density at radius 2 is 1.38 bits per heavy atom. The lowest BCUT2D eigenvalue weighted by atomic mass is 10.1. The van der Waals surface area contributed by atoms with Gasteiger partial charge in [-0.15, -0.1) is 0 Å². The van der Waals surface area contributed by atoms with Gasteiger partial charge in [0.05, 0.1) is 0 Å². The van der Waals surface area contributed by atoms with Crippen LogP contribution in [0.5, 0.6) is 0 Å². The zero-order chi connectivity index (χ0) is 11.1. The van der Waals surface area contributed by atoms with E-state index in [1.54, 1.807) is 0 Å². The van der Waals surface area contributed by atoms with Gasteiger partial charge in [-0.1, -0.05) is 0 Å². The summed E-state index contributed by atoms with van der Waals surface area (Å²) in [5.41, 5.74) is -5.78. The average Bonchev–Trinajstić information content (AvgIpc) is 1.80. The smallest absolute Gasteiger partial charge is 0.441 e. The standard InChI is InChI=1S/C4HClF6O2/c5-3(7,8)2(6,1(12)13)4(9,10)11/h(H,12,13). The fraction of sp³-hybridized carbons (Fsp3) is 0.750. The summed E-state index contributed by atoms with van der Waals surface area (Å²) in [5.74, 6) is -3.39. The van der Waals surface area contributed by atoms with Gasteiger partial charge in [-0.3, -0.25) is 0 Å². The number of hydrogen-bond donors (Lipinski definition) is 1. The van der Waals surface area contributed by atoms with E-state index in [4.69, 9.17) is 5.11 Å². The Hall–Kier alpha value is -0.660. The third kappa shape index (κ3) is 1.82. The Bertz CT molecular complexity index is 204. The van der Waals surface area contributed by atoms with Crippen LogP contribution in [0.3, 0.4) is 0 Å². The minimum Gasteiger partial charge on any atom is -0.478 e. The van der Waals surface area contributed by atoms with Crippen LogP contribution in [-0.4, -0.2) is 28.3 Å². The van der Waals surface area contributed by atoms with Crippen molar-refractivity contribution in [2.24, 2.45) is 0 Å². The van der Waals surface area contributed by atoms with Crippen molar-refractivity contribution in [1.82, 2.24) is 0 Å². The predicted octanol–water partition coefficient (Wildman–Crippen LogP) is 2.17. The molecule has 0 bridgehead atoms. The highest BCUT2D eigenvalue weighted by molar-refractivity contribution is 6.24. The first-order valence-corrected chi connectivity index (χ1v) is 2.88. The van der Waals surface area contributed by atoms with Gasteiger partial charge >= 0.3 is 23.2 Å². The van der Waals surface area contributed by atoms with E-state index in [-0.39, 0.29) is 0 Å². The van der Waals surface area contributed by atoms with E-state index in [0.29, 0.717) is 0 Å². The van der Waals surface area contributed by atoms with Crippen molar-refractivity contribution >= 4 is 17.6 Å². The molecular formula is C4HClF6O2. The molecule has 1 atom stereocenters. The van der Waals surface area contributed by atoms with E-state index in [1.165, 1.54) is 0 Å². The average molecular weight is 230 g/mol. The van der Waals surface area contributed by atoms with Gasteiger partial charge in [0.1, 0.15) is 0 Å². The Morgan fingerprint density at radius 1 is 1.08 bits per heavy atom. The van der Waals surface area contributed by atoms with E-state index >= 15 is 0 Å². The maximum atomic E-state index is 12.3. The van der Waals surface area contributed by atoms with Gasteiger partial charge in [-0.2, -0.15) is 22.0 Å². The second-order valence-corrected chi connectivity index (χ2v) is 2.43. The van der Waals surface area contributed by atoms with Gasteiger partial charge in [-0.25, -0.2) is 9.18 Å². The molecule has 78 valence electrons. The van der Waals surface area contributed by atoms with Crippen LogP contribution in [-0.2, 0) is 4.79 Å². The van der Waals surface area contributed by atoms with Gasteiger partial charge in [0.2, 0.25) is 0 Å². The number of alkyl halides is 7. The van der Waals surface area contributed by atoms with Crippen molar-refractivity contribution in [3.63, 3.8) is 0 Å². The molecule has 0 saturated carbocycles. The highest BCUT2D eigenvalue weighted by Crippen LogP contribution is 2.47. The Kier molecular flexibility index (Phi) is 2.78. The van der Waals surface area contributed by atoms with Gasteiger partial charge < -0.3 is 5.11 Å². The summed E-state index contributed by atoms with van der Waals surface area (Å²) in [6.45, 7) is 0. The van der Waals surface area contributed by atoms with Crippen LogP contribution in [0.1, 0.15) is 0 Å². The maximum absolute atomic E-state index is 12.3. The van der Waals surface area contributed by atoms with Crippen LogP contribution >= 0.6 is 11.6 Å². The van der Waals surface area contributed by atoms with Crippen molar-refractivity contribution in [3.8, 4) is 0 Å². The highest BCUT2D eigenvalue weighted by atomic mass is 35.5. The molecule has 2 nitrogen and oxygen atoms in total. The Balaban J connectivity index is 5.35. The van der Waals surface area contributed by atoms with Gasteiger partial charge in [0, 0.05) is 0 Å². The van der Waals surface area contributed by atoms with Crippen LogP contribution in [0.2, 0.25) is 0 Å². The lowest BCUT2D eigenvalue weighted by Gasteiger charge is -2.26. The van der Waals surface area contributed by atoms with Gasteiger partial charge in [-0.05, 0) is 11.6 Å². The van der Waals surface area contributed by atoms with Crippen LogP contribution in [0.25, 0.3) is 0 Å². The van der Waals surface area contributed by atoms with Crippen molar-refractivity contribution in [1.29, 1.82) is 0 Å². The molecule has 0 heterocycles. The van der Waals surface area contributed by atoms with Crippen molar-refractivity contribution in [2.45, 2.75) is 17.2 Å². The minimum atomic E-state index is -6.29. The largest absolute Gasteiger partial charge is 0.478 e. The molecule has 0 aliphatic heterocycles. The van der Waals surface area contributed by atoms with Crippen molar-refractivity contribution < 1.29 is 36.2 Å². The topological polar surface area (TPSA) is 37.3 Å². The number of hydrogen-bond acceptors (Lipinski definition) is 1. The normalized spacial score (nSPS) is 18.1. The zero-order valence-electron chi connectivity index (χ0n) is 5.50. The molecule has 1 unspecified atom stereocenters. The summed E-state index contributed by atoms with van der Waals surface area (Å²) >= 11 is 3.71. The van der Waals surface area contributed by atoms with E-state index in [2.05, 4.69) is 11.6 Å². The molecule has 0 radical (unpaired) electrons. The second-order valence-electron chi connectivity index (χ2n) is 1.96. The zero-order valence-corrected chi connectivity index (χ0v) is 6.26. The van der Waals surface area contributed by atoms with Crippen LogP contribution < -0.4 is 0 Å². The Labute approximate surface area is 72.1 Å². The Morgan fingerprint density at radius 3 is 1.38 bits per heavy atom. The van der Waals surface area contributed by atoms with E-state index in [0.717, 1.165) is 0 Å². The summed E-state index contributed by atoms with van der Waals surface area (Å²) in [4.78, 5) is 9.66. The van der Waals surface area contributed by atoms with Gasteiger partial charge in [0.15, 0.2) is 0 Å². The molecule has 0 saturated heterocycles. The summed E-state index contributed by atoms with van der Waals surface area (Å²) in [6.07, 6.45) is -6.29. The van der Waals surface area contributed by atoms with Crippen molar-refractivity contribution in [3.05, 3.63) is 0 Å². The lowest BCUT2D eigenvalue weighted by Crippen LogP contribution is -2.58. The molecule has 0 fully saturated rings. The third-order valence-corrected chi connectivity index (χ3v) is 1.34. The second kappa shape index (κ2) is 2.93. The molecule has 0 rings (SSSR count). The monoisotopic (exact) mass is 230 g/mol. The van der Waals surface area contributed by atoms with E-state index in [9.17, 15) is 31.1 Å². The first-order valence-electron chi connectivity index (χ1n) is 2.50. The highest BCUT2D eigenvalue weighted by Gasteiger charge is 2.76. The fourth-order valence-electron chi connectivity index (χ4n) is 0.403. The molecule has 1 N–H and O–H groups in total. The van der Waals surface area contributed by atoms with Crippen LogP contribution in [0.15, 0.2) is 0 Å². The maximum Gasteiger partial charge on any atom is 0.441 e. The number of halogens is 7. The first kappa shape index (κ1) is 12.3. The number of carboxylic acids is 1. The quantitative estimate of drug-likeness (QED) is 0.583. The van der Waals surface area contributed by atoms with Crippen molar-refractivity contribution in [2.75, 3.05) is 0 Å². The van der Waals surface area contributed by atoms with Crippen LogP contribution in [0, 0.1) is 0 Å². The molecular weight excluding hydrogens is 229 g/mol. The number of carboxylic acid groups (broad SMARTS) is 1. The lowest BCUT2D eigenvalue weighted by molar-refractivity contribution is -0.275. The number of aliphatic carboxylic acids is 1. The summed E-state index contributed by atoms with van der Waals surface area (Å²) in [7, 11) is 0. The molecule has 0 aromatic heterocycles. The molecule has 0 aliphatic carbocycles. The van der Waals surface area contributed by atoms with Gasteiger partial charge in [0.25, 0.3) is 0 Å². The summed E-state index contributed by atoms with van der Waals surface area (Å²) in [5, 5.41) is 2.09. The number of rotatable bonds is 2. The van der Waals surface area contributed by atoms with E-state index in [1.807, 2.05) is 0 Å². The molecule has 0 aromatic rings. The predicted molar refractivity (Wildman–Crippen MR) is 28.3 cm³/mol. The molecule has 0 amide bonds. The molecule has 13 heavy (non-hydrogen) atoms. The molecule has 0 spiro atoms. The molecule has 0 aliphatic rings. The fourth-order valence-corrected chi connectivity index (χ4v) is 0.591. The summed E-state index contributed by atoms with van der Waals surface area (Å²) < 4.78 is 70.5. The summed E-state index contributed by atoms with van der Waals surface area (Å²) in [6, 6.07) is 0. The minimum absolute atomic E-state index is 3.39. The third-order valence-electron chi connectivity index (χ3n) is 1.08.